The van der Waals surface area contributed by atoms with Crippen molar-refractivity contribution >= 4 is 269 Å². The van der Waals surface area contributed by atoms with E-state index in [-0.39, 0.29) is 51.2 Å². The zero-order chi connectivity index (χ0) is 97.8. The molecule has 0 saturated carbocycles. The Morgan fingerprint density at radius 3 is 0.273 bits per heavy atom. The molecule has 0 aliphatic carbocycles. The first kappa shape index (κ1) is 119. The minimum absolute atomic E-state index is 0. The maximum Gasteiger partial charge on any atom is 0.104 e. The van der Waals surface area contributed by atoms with Crippen molar-refractivity contribution in [3.05, 3.63) is 350 Å². The molecule has 18 aromatic rings. The van der Waals surface area contributed by atoms with Crippen LogP contribution in [0.5, 0.6) is 0 Å². The maximum atomic E-state index is 7.13. The van der Waals surface area contributed by atoms with Crippen LogP contribution in [0.25, 0.3) is 16.0 Å². The van der Waals surface area contributed by atoms with Gasteiger partial charge < -0.3 is 35.5 Å². The van der Waals surface area contributed by atoms with Crippen LogP contribution in [0.2, 0.25) is 0 Å². The van der Waals surface area contributed by atoms with Gasteiger partial charge in [-0.3, -0.25) is 4.91 Å². The van der Waals surface area contributed by atoms with Gasteiger partial charge in [0, 0.05) is 0 Å². The first-order chi connectivity index (χ1) is 68.9. The molecule has 0 N–H and O–H groups in total. The number of hydrogen-bond acceptors (Lipinski definition) is 39. The van der Waals surface area contributed by atoms with Gasteiger partial charge in [-0.25, -0.2) is 95.0 Å². The van der Waals surface area contributed by atoms with E-state index in [1.54, 1.807) is 232 Å². The van der Waals surface area contributed by atoms with Crippen LogP contribution in [0, 0.1) is 22.5 Å². The Balaban J connectivity index is 0.000000171. The third-order valence-corrected chi connectivity index (χ3v) is 32.0. The Morgan fingerprint density at radius 2 is 0.238 bits per heavy atom. The third kappa shape index (κ3) is 40.4. The molecule has 0 unspecified atom stereocenters. The normalized spacial score (nSPS) is 11.8. The van der Waals surface area contributed by atoms with E-state index in [4.69, 9.17) is 28.2 Å². The molecule has 0 fully saturated rings. The van der Waals surface area contributed by atoms with Crippen molar-refractivity contribution in [3.63, 3.8) is 0 Å². The van der Waals surface area contributed by atoms with Crippen LogP contribution in [0.3, 0.4) is 0 Å². The Bertz CT molecular complexity index is 5300. The Kier molecular flexibility index (Phi) is 54.9. The number of aromatic nitrogens is 18. The minimum Gasteiger partial charge on any atom is -0.373 e. The second-order valence-electron chi connectivity index (χ2n) is 25.7. The summed E-state index contributed by atoms with van der Waals surface area (Å²) in [5, 5.41) is 48.9. The van der Waals surface area contributed by atoms with Crippen LogP contribution in [0.15, 0.2) is 509 Å². The summed E-state index contributed by atoms with van der Waals surface area (Å²) in [6.45, 7) is 4.75. The van der Waals surface area contributed by atoms with Crippen LogP contribution in [-0.4, -0.2) is 89.7 Å². The average molecular weight is 2710 g/mol. The van der Waals surface area contributed by atoms with Crippen molar-refractivity contribution in [1.29, 1.82) is 10.5 Å². The summed E-state index contributed by atoms with van der Waals surface area (Å²) < 4.78 is 0. The first-order valence-electron chi connectivity index (χ1n) is 39.2. The van der Waals surface area contributed by atoms with Crippen LogP contribution >= 0.6 is 256 Å². The molecule has 0 saturated heterocycles. The summed E-state index contributed by atoms with van der Waals surface area (Å²) in [7, 11) is 4.20. The van der Waals surface area contributed by atoms with E-state index in [0.29, 0.717) is 0 Å². The van der Waals surface area contributed by atoms with E-state index >= 15 is 0 Å². The number of fused-ring (bicyclic) bond motifs is 36. The second kappa shape index (κ2) is 66.0. The van der Waals surface area contributed by atoms with E-state index in [9.17, 15) is 0 Å². The van der Waals surface area contributed by atoms with Gasteiger partial charge in [-0.15, -0.1) is 0 Å². The molecule has 51 heteroatoms. The van der Waals surface area contributed by atoms with E-state index in [0.717, 1.165) is 181 Å². The van der Waals surface area contributed by atoms with Gasteiger partial charge in [0.2, 0.25) is 0 Å². The maximum absolute atomic E-state index is 7.13. The first-order valence-corrected chi connectivity index (χ1v) is 61.0. The number of rotatable bonds is 0. The summed E-state index contributed by atoms with van der Waals surface area (Å²) in [6, 6.07) is 109. The molecular weight excluding hydrogens is 2660 g/mol. The van der Waals surface area contributed by atoms with Crippen LogP contribution in [0.1, 0.15) is 0 Å². The molecule has 24 rings (SSSR count). The Hall–Kier alpha value is -5.87. The quantitative estimate of drug-likeness (QED) is 0.0199. The van der Waals surface area contributed by atoms with Crippen LogP contribution in [-0.2, 0) is 106 Å². The number of nitrogens with zero attached hydrogens (tertiary/aromatic N) is 23. The fourth-order valence-electron chi connectivity index (χ4n) is 11.1. The average Bonchev–Trinajstić information content (AvgIpc) is 0.857. The van der Waals surface area contributed by atoms with Crippen LogP contribution < -0.4 is 0 Å². The molecule has 18 aromatic heterocycles. The van der Waals surface area contributed by atoms with Gasteiger partial charge in [0.1, 0.15) is 181 Å². The molecule has 6 aliphatic rings. The number of nitriles is 1. The topological polar surface area (TPSA) is 338 Å². The third-order valence-electron chi connectivity index (χ3n) is 16.3. The Morgan fingerprint density at radius 1 is 0.203 bits per heavy atom. The Labute approximate surface area is 985 Å². The van der Waals surface area contributed by atoms with Gasteiger partial charge in [0.05, 0.1) is 0 Å². The summed E-state index contributed by atoms with van der Waals surface area (Å²) in [5.74, 6) is 0. The number of hydrogen-bond donors (Lipinski definition) is 0. The van der Waals surface area contributed by atoms with Gasteiger partial charge in [-0.05, 0) is 218 Å². The van der Waals surface area contributed by atoms with Gasteiger partial charge in [-0.1, -0.05) is 326 Å². The minimum atomic E-state index is 0. The molecule has 0 aromatic carbocycles. The van der Waals surface area contributed by atoms with Crippen molar-refractivity contribution in [3.8, 4) is 5.40 Å². The molecule has 143 heavy (non-hydrogen) atoms. The summed E-state index contributed by atoms with van der Waals surface area (Å²) >= 11 is 48.2. The van der Waals surface area contributed by atoms with Crippen LogP contribution in [0.4, 0.5) is 0 Å². The smallest absolute Gasteiger partial charge is 0.104 e. The number of halogens is 3. The molecule has 0 amide bonds. The van der Waals surface area contributed by atoms with E-state index in [1.165, 1.54) is 10.3 Å². The summed E-state index contributed by atoms with van der Waals surface area (Å²) in [4.78, 5) is 85.2. The van der Waals surface area contributed by atoms with E-state index < -0.39 is 0 Å². The molecule has 23 nitrogen and oxygen atoms in total. The standard InChI is InChI=1S/6C15H9N3S3.CHNS.CN.BrH.ClH.6Cu.HI.N3/c6*1-4-10-16-11(5-1)20-13-7-3-9-15(18-13)21-14-8-2-6-12(17-14)19-10;2-1-3;1-2;;;;;;;;;;1-3-2/h6*1-9H;3H;;2*1H;;;;;;;1H;/q;;;;;;;-1;;;6*+1;;-1/p-4. The molecule has 0 radical (unpaired) electrons. The largest absolute Gasteiger partial charge is 0.373 e. The van der Waals surface area contributed by atoms with Crippen molar-refractivity contribution < 1.29 is 93.3 Å². The second-order valence-corrected chi connectivity index (χ2v) is 44.6. The summed E-state index contributed by atoms with van der Waals surface area (Å²) in [5.41, 5.74) is 13.5. The molecule has 6 aliphatic heterocycles. The fourth-order valence-corrected chi connectivity index (χ4v) is 26.5. The molecular formula is C92H54BrClCu6IN23S19. The van der Waals surface area contributed by atoms with Crippen molar-refractivity contribution in [2.24, 2.45) is 0 Å². The zero-order valence-electron chi connectivity index (χ0n) is 71.2. The molecule has 0 atom stereocenters. The molecule has 24 heterocycles. The van der Waals surface area contributed by atoms with Gasteiger partial charge in [0.15, 0.2) is 0 Å². The summed E-state index contributed by atoms with van der Waals surface area (Å²) in [6.07, 6.45) is 0. The van der Waals surface area contributed by atoms with Gasteiger partial charge in [-0.2, -0.15) is 0 Å². The molecule has 738 valence electrons. The SMILES string of the molecule is N#C[S-].[C-]#N.[Cl][Cu].[Cu+].[Cu+].[Cu+].[Cu][Br].[Cu][I].[N-]=[N+]=[N-].c1cc2nc(c1)Sc1cccc(n1)Sc1cccc(n1)S2.c1cc2nc(c1)Sc1cccc(n1)Sc1cccc(n1)S2.c1cc2nc(c1)Sc1cccc(n1)Sc1cccc(n1)S2.c1cc2nc(c1)Sc1cccc(n1)Sc1cccc(n1)S2.c1cc2nc(c1)Sc1cccc(n1)Sc1cccc(n1)S2.c1cc2nc(c1)Sc1cccc(n1)Sc1cccc(n1)S2. The number of thiocyanates is 1. The molecule has 36 bridgehead atoms. The van der Waals surface area contributed by atoms with Crippen molar-refractivity contribution in [2.75, 3.05) is 0 Å². The van der Waals surface area contributed by atoms with Gasteiger partial charge in [0.25, 0.3) is 0 Å². The van der Waals surface area contributed by atoms with E-state index in [1.807, 2.05) is 328 Å². The fraction of sp³-hybridized carbons (Fsp3) is 0. The predicted molar refractivity (Wildman–Crippen MR) is 567 cm³/mol. The predicted octanol–water partition coefficient (Wildman–Crippen LogP) is 31.2. The van der Waals surface area contributed by atoms with Crippen molar-refractivity contribution in [2.45, 2.75) is 181 Å². The monoisotopic (exact) mass is 2710 g/mol. The van der Waals surface area contributed by atoms with Crippen molar-refractivity contribution in [1.82, 2.24) is 89.7 Å². The van der Waals surface area contributed by atoms with E-state index in [2.05, 4.69) is 169 Å². The molecule has 0 spiro atoms. The number of pyridine rings is 18. The zero-order valence-corrected chi connectivity index (χ0v) is 96.8. The van der Waals surface area contributed by atoms with Gasteiger partial charge >= 0.3 is 138 Å².